The van der Waals surface area contributed by atoms with Crippen molar-refractivity contribution in [2.45, 2.75) is 31.3 Å². The number of aromatic nitrogens is 1. The van der Waals surface area contributed by atoms with Crippen LogP contribution in [0.15, 0.2) is 47.1 Å². The number of ether oxygens (including phenoxy) is 1. The number of benzene rings is 1. The first-order valence-corrected chi connectivity index (χ1v) is 9.14. The highest BCUT2D eigenvalue weighted by Crippen LogP contribution is 2.38. The molecule has 2 atom stereocenters. The molecule has 6 heteroatoms. The van der Waals surface area contributed by atoms with E-state index in [-0.39, 0.29) is 6.04 Å². The van der Waals surface area contributed by atoms with Crippen LogP contribution < -0.4 is 4.74 Å². The molecule has 1 fully saturated rings. The van der Waals surface area contributed by atoms with Crippen molar-refractivity contribution in [2.75, 3.05) is 13.7 Å². The number of nitrogens with zero attached hydrogens (tertiary/aromatic N) is 2. The predicted octanol–water partition coefficient (Wildman–Crippen LogP) is 3.88. The Bertz CT molecular complexity index is 739. The summed E-state index contributed by atoms with van der Waals surface area (Å²) in [7, 11) is 1.63. The highest BCUT2D eigenvalue weighted by atomic mass is 79.9. The topological polar surface area (TPSA) is 62.7 Å². The molecule has 0 amide bonds. The first-order valence-electron chi connectivity index (χ1n) is 8.34. The van der Waals surface area contributed by atoms with Gasteiger partial charge in [-0.3, -0.25) is 14.7 Å². The number of hydrogen-bond donors (Lipinski definition) is 1. The van der Waals surface area contributed by atoms with Crippen molar-refractivity contribution in [3.05, 3.63) is 58.3 Å². The summed E-state index contributed by atoms with van der Waals surface area (Å²) in [6.45, 7) is 0.716. The largest absolute Gasteiger partial charge is 0.496 e. The van der Waals surface area contributed by atoms with Crippen LogP contribution in [0.5, 0.6) is 5.75 Å². The maximum atomic E-state index is 11.9. The second kappa shape index (κ2) is 7.97. The number of methoxy groups -OCH3 is 1. The maximum Gasteiger partial charge on any atom is 0.320 e. The summed E-state index contributed by atoms with van der Waals surface area (Å²) in [6.07, 6.45) is 4.29. The lowest BCUT2D eigenvalue weighted by Gasteiger charge is -2.39. The summed E-state index contributed by atoms with van der Waals surface area (Å²) in [6, 6.07) is 10.8. The van der Waals surface area contributed by atoms with E-state index in [1.165, 1.54) is 0 Å². The average Bonchev–Trinajstić information content (AvgIpc) is 2.63. The number of halogens is 1. The number of rotatable bonds is 5. The lowest BCUT2D eigenvalue weighted by molar-refractivity contribution is -0.145. The molecule has 0 spiro atoms. The summed E-state index contributed by atoms with van der Waals surface area (Å²) in [4.78, 5) is 18.4. The van der Waals surface area contributed by atoms with E-state index in [2.05, 4.69) is 20.9 Å². The van der Waals surface area contributed by atoms with Crippen LogP contribution in [0.2, 0.25) is 0 Å². The minimum Gasteiger partial charge on any atom is -0.496 e. The second-order valence-corrected chi connectivity index (χ2v) is 7.05. The van der Waals surface area contributed by atoms with E-state index in [4.69, 9.17) is 4.74 Å². The molecule has 0 radical (unpaired) electrons. The molecule has 1 saturated heterocycles. The SMILES string of the molecule is COc1ccc(Br)cc1C(c1ccccn1)N1CCCCC1C(=O)O. The van der Waals surface area contributed by atoms with E-state index in [0.29, 0.717) is 13.0 Å². The molecule has 2 aromatic rings. The molecule has 5 nitrogen and oxygen atoms in total. The summed E-state index contributed by atoms with van der Waals surface area (Å²) >= 11 is 3.52. The van der Waals surface area contributed by atoms with Gasteiger partial charge in [0.1, 0.15) is 11.8 Å². The normalized spacial score (nSPS) is 19.4. The molecule has 1 aromatic carbocycles. The number of pyridine rings is 1. The Hall–Kier alpha value is -1.92. The van der Waals surface area contributed by atoms with Gasteiger partial charge in [-0.1, -0.05) is 28.4 Å². The molecule has 2 unspecified atom stereocenters. The molecule has 0 saturated carbocycles. The van der Waals surface area contributed by atoms with E-state index in [1.807, 2.05) is 41.3 Å². The number of carbonyl (C=O) groups is 1. The average molecular weight is 405 g/mol. The Morgan fingerprint density at radius 3 is 2.88 bits per heavy atom. The third-order valence-electron chi connectivity index (χ3n) is 4.62. The Balaban J connectivity index is 2.14. The standard InChI is InChI=1S/C19H21BrN2O3/c1-25-17-9-8-13(20)12-14(17)18(15-6-2-4-10-21-15)22-11-5-3-7-16(22)19(23)24/h2,4,6,8-10,12,16,18H,3,5,7,11H2,1H3,(H,23,24). The van der Waals surface area contributed by atoms with Crippen LogP contribution >= 0.6 is 15.9 Å². The van der Waals surface area contributed by atoms with Gasteiger partial charge >= 0.3 is 5.97 Å². The molecule has 2 heterocycles. The van der Waals surface area contributed by atoms with Gasteiger partial charge in [0.25, 0.3) is 0 Å². The van der Waals surface area contributed by atoms with Gasteiger partial charge in [0.15, 0.2) is 0 Å². The molecule has 1 aliphatic rings. The van der Waals surface area contributed by atoms with Crippen molar-refractivity contribution in [1.29, 1.82) is 0 Å². The third-order valence-corrected chi connectivity index (χ3v) is 5.11. The highest BCUT2D eigenvalue weighted by Gasteiger charge is 2.36. The molecular weight excluding hydrogens is 384 g/mol. The van der Waals surface area contributed by atoms with Crippen LogP contribution in [0.25, 0.3) is 0 Å². The molecule has 3 rings (SSSR count). The van der Waals surface area contributed by atoms with Gasteiger partial charge in [-0.25, -0.2) is 0 Å². The Morgan fingerprint density at radius 2 is 2.20 bits per heavy atom. The van der Waals surface area contributed by atoms with Gasteiger partial charge in [0.05, 0.1) is 18.8 Å². The number of carboxylic acids is 1. The second-order valence-electron chi connectivity index (χ2n) is 6.13. The first-order chi connectivity index (χ1) is 12.1. The zero-order valence-electron chi connectivity index (χ0n) is 14.1. The van der Waals surface area contributed by atoms with Crippen LogP contribution in [0.3, 0.4) is 0 Å². The van der Waals surface area contributed by atoms with E-state index >= 15 is 0 Å². The zero-order valence-corrected chi connectivity index (χ0v) is 15.6. The minimum atomic E-state index is -0.783. The third kappa shape index (κ3) is 3.85. The quantitative estimate of drug-likeness (QED) is 0.818. The maximum absolute atomic E-state index is 11.9. The van der Waals surface area contributed by atoms with Crippen LogP contribution in [0.4, 0.5) is 0 Å². The van der Waals surface area contributed by atoms with Crippen molar-refractivity contribution >= 4 is 21.9 Å². The summed E-state index contributed by atoms with van der Waals surface area (Å²) in [5.74, 6) is -0.0526. The summed E-state index contributed by atoms with van der Waals surface area (Å²) in [5, 5.41) is 9.73. The number of hydrogen-bond acceptors (Lipinski definition) is 4. The Morgan fingerprint density at radius 1 is 1.36 bits per heavy atom. The van der Waals surface area contributed by atoms with E-state index in [0.717, 1.165) is 34.3 Å². The highest BCUT2D eigenvalue weighted by molar-refractivity contribution is 9.10. The molecule has 1 N–H and O–H groups in total. The van der Waals surface area contributed by atoms with Crippen molar-refractivity contribution in [1.82, 2.24) is 9.88 Å². The fraction of sp³-hybridized carbons (Fsp3) is 0.368. The number of aliphatic carboxylic acids is 1. The van der Waals surface area contributed by atoms with Crippen molar-refractivity contribution < 1.29 is 14.6 Å². The Labute approximate surface area is 155 Å². The van der Waals surface area contributed by atoms with Crippen molar-refractivity contribution in [3.8, 4) is 5.75 Å². The molecule has 0 bridgehead atoms. The lowest BCUT2D eigenvalue weighted by atomic mass is 9.93. The number of piperidine rings is 1. The monoisotopic (exact) mass is 404 g/mol. The van der Waals surface area contributed by atoms with Crippen molar-refractivity contribution in [2.24, 2.45) is 0 Å². The van der Waals surface area contributed by atoms with Gasteiger partial charge in [-0.2, -0.15) is 0 Å². The van der Waals surface area contributed by atoms with Crippen molar-refractivity contribution in [3.63, 3.8) is 0 Å². The fourth-order valence-electron chi connectivity index (χ4n) is 3.49. The van der Waals surface area contributed by atoms with Crippen LogP contribution in [0, 0.1) is 0 Å². The molecule has 0 aliphatic carbocycles. The van der Waals surface area contributed by atoms with Gasteiger partial charge < -0.3 is 9.84 Å². The number of likely N-dealkylation sites (tertiary alicyclic amines) is 1. The van der Waals surface area contributed by atoms with Crippen LogP contribution in [0.1, 0.15) is 36.6 Å². The molecule has 1 aromatic heterocycles. The van der Waals surface area contributed by atoms with E-state index < -0.39 is 12.0 Å². The predicted molar refractivity (Wildman–Crippen MR) is 98.8 cm³/mol. The van der Waals surface area contributed by atoms with Crippen LogP contribution in [-0.4, -0.2) is 40.7 Å². The van der Waals surface area contributed by atoms with Gasteiger partial charge in [-0.05, 0) is 49.7 Å². The van der Waals surface area contributed by atoms with Gasteiger partial charge in [0, 0.05) is 16.2 Å². The van der Waals surface area contributed by atoms with Gasteiger partial charge in [0.2, 0.25) is 0 Å². The zero-order chi connectivity index (χ0) is 17.8. The minimum absolute atomic E-state index is 0.268. The van der Waals surface area contributed by atoms with Gasteiger partial charge in [-0.15, -0.1) is 0 Å². The molecule has 1 aliphatic heterocycles. The lowest BCUT2D eigenvalue weighted by Crippen LogP contribution is -2.47. The first kappa shape index (κ1) is 17.9. The molecule has 132 valence electrons. The van der Waals surface area contributed by atoms with Crippen LogP contribution in [-0.2, 0) is 4.79 Å². The fourth-order valence-corrected chi connectivity index (χ4v) is 3.87. The Kier molecular flexibility index (Phi) is 5.71. The molecule has 25 heavy (non-hydrogen) atoms. The molecular formula is C19H21BrN2O3. The van der Waals surface area contributed by atoms with E-state index in [1.54, 1.807) is 13.3 Å². The summed E-state index contributed by atoms with van der Waals surface area (Å²) in [5.41, 5.74) is 1.75. The summed E-state index contributed by atoms with van der Waals surface area (Å²) < 4.78 is 6.49. The number of carboxylic acid groups (broad SMARTS) is 1. The van der Waals surface area contributed by atoms with E-state index in [9.17, 15) is 9.90 Å². The smallest absolute Gasteiger partial charge is 0.320 e.